The molecule has 15 heavy (non-hydrogen) atoms. The Balaban J connectivity index is 2.45. The highest BCUT2D eigenvalue weighted by Gasteiger charge is 2.72. The molecule has 1 atom stereocenters. The van der Waals surface area contributed by atoms with Crippen LogP contribution in [0, 0.1) is 5.82 Å². The topological polar surface area (TPSA) is 37.3 Å². The lowest BCUT2D eigenvalue weighted by Crippen LogP contribution is -2.26. The first-order chi connectivity index (χ1) is 6.90. The molecule has 5 heteroatoms. The van der Waals surface area contributed by atoms with E-state index in [0.717, 1.165) is 0 Å². The normalized spacial score (nSPS) is 27.4. The molecular formula is C10H7Cl2FO2. The Morgan fingerprint density at radius 1 is 1.33 bits per heavy atom. The minimum atomic E-state index is -1.29. The second-order valence-corrected chi connectivity index (χ2v) is 5.08. The Hall–Kier alpha value is -0.800. The molecule has 0 saturated heterocycles. The van der Waals surface area contributed by atoms with Gasteiger partial charge in [-0.2, -0.15) is 0 Å². The van der Waals surface area contributed by atoms with Gasteiger partial charge in [-0.1, -0.05) is 35.3 Å². The SMILES string of the molecule is O=C(O)C1(c2ccc(F)cc2)CC1(Cl)Cl. The molecule has 0 heterocycles. The standard InChI is InChI=1S/C10H7Cl2FO2/c11-10(12)5-9(10,8(14)15)6-1-3-7(13)4-2-6/h1-4H,5H2,(H,14,15). The van der Waals surface area contributed by atoms with Gasteiger partial charge in [-0.05, 0) is 17.7 Å². The van der Waals surface area contributed by atoms with Crippen molar-refractivity contribution in [3.8, 4) is 0 Å². The van der Waals surface area contributed by atoms with E-state index in [2.05, 4.69) is 0 Å². The van der Waals surface area contributed by atoms with E-state index in [-0.39, 0.29) is 6.42 Å². The summed E-state index contributed by atoms with van der Waals surface area (Å²) in [7, 11) is 0. The molecule has 1 aromatic rings. The van der Waals surface area contributed by atoms with Crippen LogP contribution in [0.2, 0.25) is 0 Å². The van der Waals surface area contributed by atoms with Crippen LogP contribution in [0.4, 0.5) is 4.39 Å². The fourth-order valence-electron chi connectivity index (χ4n) is 1.69. The number of hydrogen-bond donors (Lipinski definition) is 1. The summed E-state index contributed by atoms with van der Waals surface area (Å²) < 4.78 is 11.4. The summed E-state index contributed by atoms with van der Waals surface area (Å²) in [6, 6.07) is 5.19. The van der Waals surface area contributed by atoms with Gasteiger partial charge in [0.2, 0.25) is 0 Å². The number of benzene rings is 1. The van der Waals surface area contributed by atoms with E-state index in [1.165, 1.54) is 24.3 Å². The lowest BCUT2D eigenvalue weighted by Gasteiger charge is -2.12. The molecule has 1 aromatic carbocycles. The van der Waals surface area contributed by atoms with Crippen LogP contribution >= 0.6 is 23.2 Å². The van der Waals surface area contributed by atoms with Gasteiger partial charge in [0.05, 0.1) is 0 Å². The monoisotopic (exact) mass is 248 g/mol. The molecule has 1 aliphatic carbocycles. The van der Waals surface area contributed by atoms with Crippen molar-refractivity contribution < 1.29 is 14.3 Å². The predicted molar refractivity (Wildman–Crippen MR) is 54.8 cm³/mol. The van der Waals surface area contributed by atoms with Crippen LogP contribution in [0.1, 0.15) is 12.0 Å². The molecule has 0 bridgehead atoms. The first-order valence-electron chi connectivity index (χ1n) is 4.27. The minimum absolute atomic E-state index is 0.143. The van der Waals surface area contributed by atoms with Crippen LogP contribution in [-0.4, -0.2) is 15.4 Å². The number of alkyl halides is 2. The highest BCUT2D eigenvalue weighted by atomic mass is 35.5. The number of carboxylic acid groups (broad SMARTS) is 1. The number of hydrogen-bond acceptors (Lipinski definition) is 1. The Kier molecular flexibility index (Phi) is 2.21. The zero-order chi connectivity index (χ0) is 11.3. The quantitative estimate of drug-likeness (QED) is 0.818. The Labute approximate surface area is 95.6 Å². The van der Waals surface area contributed by atoms with Crippen molar-refractivity contribution in [2.75, 3.05) is 0 Å². The maximum Gasteiger partial charge on any atom is 0.317 e. The predicted octanol–water partition coefficient (Wildman–Crippen LogP) is 2.73. The summed E-state index contributed by atoms with van der Waals surface area (Å²) in [6.07, 6.45) is 0.143. The molecule has 1 N–H and O–H groups in total. The molecular weight excluding hydrogens is 242 g/mol. The number of carbonyl (C=O) groups is 1. The van der Waals surface area contributed by atoms with Gasteiger partial charge in [0, 0.05) is 6.42 Å². The molecule has 0 amide bonds. The number of carboxylic acids is 1. The highest BCUT2D eigenvalue weighted by molar-refractivity contribution is 6.54. The lowest BCUT2D eigenvalue weighted by atomic mass is 9.96. The van der Waals surface area contributed by atoms with Gasteiger partial charge in [0.1, 0.15) is 15.6 Å². The molecule has 0 aliphatic heterocycles. The van der Waals surface area contributed by atoms with E-state index in [1.807, 2.05) is 0 Å². The molecule has 1 aliphatic rings. The van der Waals surface area contributed by atoms with Crippen LogP contribution in [0.25, 0.3) is 0 Å². The van der Waals surface area contributed by atoms with E-state index in [0.29, 0.717) is 5.56 Å². The molecule has 80 valence electrons. The third-order valence-corrected chi connectivity index (χ3v) is 3.60. The third-order valence-electron chi connectivity index (χ3n) is 2.69. The first kappa shape index (κ1) is 10.7. The number of aliphatic carboxylic acids is 1. The molecule has 0 aromatic heterocycles. The van der Waals surface area contributed by atoms with Crippen molar-refractivity contribution in [3.63, 3.8) is 0 Å². The number of rotatable bonds is 2. The van der Waals surface area contributed by atoms with Crippen molar-refractivity contribution in [3.05, 3.63) is 35.6 Å². The molecule has 2 rings (SSSR count). The zero-order valence-electron chi connectivity index (χ0n) is 7.51. The van der Waals surface area contributed by atoms with Gasteiger partial charge in [0.25, 0.3) is 0 Å². The second kappa shape index (κ2) is 3.09. The van der Waals surface area contributed by atoms with Gasteiger partial charge in [-0.15, -0.1) is 0 Å². The van der Waals surface area contributed by atoms with E-state index in [4.69, 9.17) is 28.3 Å². The lowest BCUT2D eigenvalue weighted by molar-refractivity contribution is -0.140. The highest BCUT2D eigenvalue weighted by Crippen LogP contribution is 2.64. The summed E-state index contributed by atoms with van der Waals surface area (Å²) in [5, 5.41) is 9.10. The average Bonchev–Trinajstić information content (AvgIpc) is 2.72. The van der Waals surface area contributed by atoms with E-state index in [1.54, 1.807) is 0 Å². The first-order valence-corrected chi connectivity index (χ1v) is 5.03. The summed E-state index contributed by atoms with van der Waals surface area (Å²) >= 11 is 11.6. The summed E-state index contributed by atoms with van der Waals surface area (Å²) in [5.41, 5.74) is -0.856. The van der Waals surface area contributed by atoms with Crippen molar-refractivity contribution in [2.45, 2.75) is 16.2 Å². The second-order valence-electron chi connectivity index (χ2n) is 3.60. The molecule has 2 nitrogen and oxygen atoms in total. The maximum atomic E-state index is 12.7. The fourth-order valence-corrected chi connectivity index (χ4v) is 2.47. The summed E-state index contributed by atoms with van der Waals surface area (Å²) in [5.74, 6) is -1.51. The molecule has 0 radical (unpaired) electrons. The summed E-state index contributed by atoms with van der Waals surface area (Å²) in [6.45, 7) is 0. The summed E-state index contributed by atoms with van der Waals surface area (Å²) in [4.78, 5) is 11.1. The van der Waals surface area contributed by atoms with Crippen molar-refractivity contribution in [1.82, 2.24) is 0 Å². The Bertz CT molecular complexity index is 416. The Morgan fingerprint density at radius 2 is 1.80 bits per heavy atom. The molecule has 1 saturated carbocycles. The van der Waals surface area contributed by atoms with Crippen molar-refractivity contribution in [2.24, 2.45) is 0 Å². The fraction of sp³-hybridized carbons (Fsp3) is 0.300. The Morgan fingerprint density at radius 3 is 2.13 bits per heavy atom. The van der Waals surface area contributed by atoms with Gasteiger partial charge in [-0.25, -0.2) is 4.39 Å². The smallest absolute Gasteiger partial charge is 0.317 e. The minimum Gasteiger partial charge on any atom is -0.480 e. The van der Waals surface area contributed by atoms with Crippen LogP contribution in [-0.2, 0) is 10.2 Å². The van der Waals surface area contributed by atoms with Crippen LogP contribution in [0.15, 0.2) is 24.3 Å². The van der Waals surface area contributed by atoms with Crippen LogP contribution in [0.5, 0.6) is 0 Å². The van der Waals surface area contributed by atoms with Crippen molar-refractivity contribution >= 4 is 29.2 Å². The van der Waals surface area contributed by atoms with Gasteiger partial charge < -0.3 is 5.11 Å². The largest absolute Gasteiger partial charge is 0.480 e. The third kappa shape index (κ3) is 1.42. The van der Waals surface area contributed by atoms with Gasteiger partial charge in [0.15, 0.2) is 0 Å². The molecule has 1 fully saturated rings. The number of halogens is 3. The van der Waals surface area contributed by atoms with Crippen LogP contribution < -0.4 is 0 Å². The zero-order valence-corrected chi connectivity index (χ0v) is 9.02. The van der Waals surface area contributed by atoms with Crippen molar-refractivity contribution in [1.29, 1.82) is 0 Å². The van der Waals surface area contributed by atoms with Gasteiger partial charge in [-0.3, -0.25) is 4.79 Å². The molecule has 0 spiro atoms. The van der Waals surface area contributed by atoms with E-state index < -0.39 is 21.5 Å². The maximum absolute atomic E-state index is 12.7. The van der Waals surface area contributed by atoms with E-state index in [9.17, 15) is 9.18 Å². The molecule has 1 unspecified atom stereocenters. The van der Waals surface area contributed by atoms with Gasteiger partial charge >= 0.3 is 5.97 Å². The van der Waals surface area contributed by atoms with Crippen LogP contribution in [0.3, 0.4) is 0 Å². The van der Waals surface area contributed by atoms with E-state index >= 15 is 0 Å². The average molecular weight is 249 g/mol.